The molecule has 0 spiro atoms. The van der Waals surface area contributed by atoms with Crippen molar-refractivity contribution in [1.82, 2.24) is 9.97 Å². The zero-order valence-corrected chi connectivity index (χ0v) is 16.3. The molecule has 3 N–H and O–H groups in total. The molecule has 2 aromatic rings. The van der Waals surface area contributed by atoms with Gasteiger partial charge in [-0.25, -0.2) is 9.59 Å². The number of anilines is 1. The second-order valence-corrected chi connectivity index (χ2v) is 6.29. The van der Waals surface area contributed by atoms with Crippen LogP contribution in [0.5, 0.6) is 11.5 Å². The topological polar surface area (TPSA) is 123 Å². The van der Waals surface area contributed by atoms with E-state index in [2.05, 4.69) is 21.9 Å². The lowest BCUT2D eigenvalue weighted by atomic mass is 9.82. The molecular formula is C20H21N3O6. The van der Waals surface area contributed by atoms with Gasteiger partial charge in [0, 0.05) is 17.3 Å². The molecule has 0 fully saturated rings. The highest BCUT2D eigenvalue weighted by Crippen LogP contribution is 2.43. The maximum atomic E-state index is 12.8. The smallest absolute Gasteiger partial charge is 0.337 e. The van der Waals surface area contributed by atoms with E-state index >= 15 is 0 Å². The van der Waals surface area contributed by atoms with E-state index in [9.17, 15) is 14.4 Å². The van der Waals surface area contributed by atoms with E-state index < -0.39 is 23.1 Å². The van der Waals surface area contributed by atoms with Crippen LogP contribution < -0.4 is 26.0 Å². The number of aromatic nitrogens is 2. The van der Waals surface area contributed by atoms with Crippen LogP contribution in [0.2, 0.25) is 0 Å². The largest absolute Gasteiger partial charge is 0.497 e. The van der Waals surface area contributed by atoms with E-state index in [-0.39, 0.29) is 23.6 Å². The lowest BCUT2D eigenvalue weighted by molar-refractivity contribution is -0.138. The first-order chi connectivity index (χ1) is 13.9. The summed E-state index contributed by atoms with van der Waals surface area (Å²) in [4.78, 5) is 42.1. The first kappa shape index (κ1) is 20.0. The van der Waals surface area contributed by atoms with Gasteiger partial charge in [0.2, 0.25) is 0 Å². The molecule has 0 saturated heterocycles. The predicted molar refractivity (Wildman–Crippen MR) is 107 cm³/mol. The van der Waals surface area contributed by atoms with Gasteiger partial charge in [-0.05, 0) is 13.0 Å². The number of rotatable bonds is 6. The molecule has 9 nitrogen and oxygen atoms in total. The van der Waals surface area contributed by atoms with Crippen LogP contribution in [0.25, 0.3) is 0 Å². The summed E-state index contributed by atoms with van der Waals surface area (Å²) >= 11 is 0. The van der Waals surface area contributed by atoms with Gasteiger partial charge in [-0.3, -0.25) is 14.8 Å². The van der Waals surface area contributed by atoms with Crippen LogP contribution in [0, 0.1) is 0 Å². The number of H-pyrrole nitrogens is 2. The minimum absolute atomic E-state index is 0.0108. The molecule has 0 unspecified atom stereocenters. The Morgan fingerprint density at radius 3 is 2.62 bits per heavy atom. The van der Waals surface area contributed by atoms with Gasteiger partial charge in [-0.2, -0.15) is 0 Å². The first-order valence-corrected chi connectivity index (χ1v) is 8.75. The van der Waals surface area contributed by atoms with E-state index in [0.717, 1.165) is 0 Å². The van der Waals surface area contributed by atoms with E-state index in [4.69, 9.17) is 14.2 Å². The molecule has 1 aromatic heterocycles. The number of nitrogens with one attached hydrogen (secondary N) is 3. The number of allylic oxidation sites excluding steroid dienone is 1. The Balaban J connectivity index is 2.29. The third-order valence-corrected chi connectivity index (χ3v) is 4.58. The minimum Gasteiger partial charge on any atom is -0.497 e. The van der Waals surface area contributed by atoms with E-state index in [1.54, 1.807) is 25.1 Å². The molecule has 152 valence electrons. The predicted octanol–water partition coefficient (Wildman–Crippen LogP) is 1.64. The third-order valence-electron chi connectivity index (χ3n) is 4.58. The zero-order valence-electron chi connectivity index (χ0n) is 16.3. The number of aromatic amines is 2. The number of hydrogen-bond donors (Lipinski definition) is 3. The summed E-state index contributed by atoms with van der Waals surface area (Å²) in [7, 11) is 3.00. The second-order valence-electron chi connectivity index (χ2n) is 6.29. The molecule has 1 aliphatic rings. The molecule has 0 saturated carbocycles. The lowest BCUT2D eigenvalue weighted by Crippen LogP contribution is -2.35. The highest BCUT2D eigenvalue weighted by Gasteiger charge is 2.37. The monoisotopic (exact) mass is 399 g/mol. The Kier molecular flexibility index (Phi) is 5.58. The minimum atomic E-state index is -0.843. The first-order valence-electron chi connectivity index (χ1n) is 8.75. The van der Waals surface area contributed by atoms with Crippen molar-refractivity contribution in [2.75, 3.05) is 26.1 Å². The van der Waals surface area contributed by atoms with Gasteiger partial charge in [0.1, 0.15) is 23.9 Å². The number of ether oxygens (including phenoxy) is 3. The van der Waals surface area contributed by atoms with Crippen LogP contribution >= 0.6 is 0 Å². The fourth-order valence-electron chi connectivity index (χ4n) is 3.34. The van der Waals surface area contributed by atoms with Gasteiger partial charge in [-0.1, -0.05) is 18.7 Å². The molecule has 1 atom stereocenters. The normalized spacial score (nSPS) is 15.2. The van der Waals surface area contributed by atoms with E-state index in [1.165, 1.54) is 20.3 Å². The number of methoxy groups -OCH3 is 2. The molecular weight excluding hydrogens is 378 g/mol. The molecule has 9 heteroatoms. The van der Waals surface area contributed by atoms with Crippen LogP contribution in [0.1, 0.15) is 24.0 Å². The van der Waals surface area contributed by atoms with Crippen molar-refractivity contribution in [1.29, 1.82) is 0 Å². The number of carbonyl (C=O) groups excluding carboxylic acids is 1. The van der Waals surface area contributed by atoms with Gasteiger partial charge >= 0.3 is 11.7 Å². The Morgan fingerprint density at radius 2 is 1.97 bits per heavy atom. The van der Waals surface area contributed by atoms with Crippen molar-refractivity contribution in [2.24, 2.45) is 0 Å². The SMILES string of the molecule is C=CCOC(=O)C1=C(C)Nc2[nH]c(=O)[nH]c(=O)c2[C@H]1c1ccc(OC)cc1OC. The van der Waals surface area contributed by atoms with Crippen LogP contribution in [0.3, 0.4) is 0 Å². The van der Waals surface area contributed by atoms with E-state index in [0.29, 0.717) is 22.8 Å². The fourth-order valence-corrected chi connectivity index (χ4v) is 3.34. The molecule has 3 rings (SSSR count). The molecule has 0 amide bonds. The summed E-state index contributed by atoms with van der Waals surface area (Å²) in [6, 6.07) is 5.05. The third kappa shape index (κ3) is 3.66. The van der Waals surface area contributed by atoms with Crippen molar-refractivity contribution >= 4 is 11.8 Å². The summed E-state index contributed by atoms with van der Waals surface area (Å²) in [6.45, 7) is 5.22. The van der Waals surface area contributed by atoms with Gasteiger partial charge in [0.05, 0.1) is 31.3 Å². The van der Waals surface area contributed by atoms with Gasteiger partial charge in [0.15, 0.2) is 0 Å². The average Bonchev–Trinajstić information content (AvgIpc) is 2.70. The molecule has 29 heavy (non-hydrogen) atoms. The van der Waals surface area contributed by atoms with Crippen molar-refractivity contribution in [2.45, 2.75) is 12.8 Å². The number of hydrogen-bond acceptors (Lipinski definition) is 7. The summed E-state index contributed by atoms with van der Waals surface area (Å²) < 4.78 is 16.0. The quantitative estimate of drug-likeness (QED) is 0.498. The molecule has 0 aliphatic carbocycles. The van der Waals surface area contributed by atoms with Crippen LogP contribution in [-0.4, -0.2) is 36.8 Å². The van der Waals surface area contributed by atoms with Crippen molar-refractivity contribution < 1.29 is 19.0 Å². The maximum Gasteiger partial charge on any atom is 0.337 e. The Bertz CT molecular complexity index is 1110. The van der Waals surface area contributed by atoms with Crippen LogP contribution in [0.15, 0.2) is 51.7 Å². The maximum absolute atomic E-state index is 12.8. The van der Waals surface area contributed by atoms with Crippen LogP contribution in [0.4, 0.5) is 5.82 Å². The standard InChI is InChI=1S/C20H21N3O6/c1-5-8-29-19(25)14-10(2)21-17-16(18(24)23-20(26)22-17)15(14)12-7-6-11(27-3)9-13(12)28-4/h5-7,9,15H,1,8H2,2-4H3,(H3,21,22,23,24,26)/t15-/m0/s1. The number of esters is 1. The lowest BCUT2D eigenvalue weighted by Gasteiger charge is -2.29. The summed E-state index contributed by atoms with van der Waals surface area (Å²) in [5.74, 6) is -0.292. The highest BCUT2D eigenvalue weighted by molar-refractivity contribution is 5.94. The average molecular weight is 399 g/mol. The van der Waals surface area contributed by atoms with Crippen molar-refractivity contribution in [3.63, 3.8) is 0 Å². The summed E-state index contributed by atoms with van der Waals surface area (Å²) in [6.07, 6.45) is 1.45. The van der Waals surface area contributed by atoms with Gasteiger partial charge in [0.25, 0.3) is 5.56 Å². The van der Waals surface area contributed by atoms with Gasteiger partial charge < -0.3 is 19.5 Å². The number of fused-ring (bicyclic) bond motifs is 1. The molecule has 0 radical (unpaired) electrons. The van der Waals surface area contributed by atoms with Crippen molar-refractivity contribution in [3.05, 3.63) is 74.1 Å². The Labute approximate surface area is 166 Å². The van der Waals surface area contributed by atoms with Crippen LogP contribution in [-0.2, 0) is 9.53 Å². The van der Waals surface area contributed by atoms with E-state index in [1.807, 2.05) is 0 Å². The fraction of sp³-hybridized carbons (Fsp3) is 0.250. The zero-order chi connectivity index (χ0) is 21.1. The molecule has 2 heterocycles. The molecule has 1 aromatic carbocycles. The second kappa shape index (κ2) is 8.09. The molecule has 0 bridgehead atoms. The summed E-state index contributed by atoms with van der Waals surface area (Å²) in [5, 5.41) is 2.92. The van der Waals surface area contributed by atoms with Gasteiger partial charge in [-0.15, -0.1) is 0 Å². The Morgan fingerprint density at radius 1 is 1.21 bits per heavy atom. The summed E-state index contributed by atoms with van der Waals surface area (Å²) in [5.41, 5.74) is 0.0894. The Hall–Kier alpha value is -3.75. The number of benzene rings is 1. The highest BCUT2D eigenvalue weighted by atomic mass is 16.5. The van der Waals surface area contributed by atoms with Crippen molar-refractivity contribution in [3.8, 4) is 11.5 Å². The number of carbonyl (C=O) groups is 1. The molecule has 1 aliphatic heterocycles.